The van der Waals surface area contributed by atoms with Gasteiger partial charge >= 0.3 is 6.09 Å². The summed E-state index contributed by atoms with van der Waals surface area (Å²) in [6.45, 7) is 7.32. The molecule has 0 aromatic heterocycles. The van der Waals surface area contributed by atoms with Crippen molar-refractivity contribution in [1.82, 2.24) is 10.2 Å². The molecule has 6 heteroatoms. The Morgan fingerprint density at radius 2 is 1.84 bits per heavy atom. The number of likely N-dealkylation sites (tertiary alicyclic amines) is 1. The smallest absolute Gasteiger partial charge is 0.409 e. The van der Waals surface area contributed by atoms with E-state index in [1.807, 2.05) is 6.07 Å². The van der Waals surface area contributed by atoms with Crippen LogP contribution in [0.1, 0.15) is 36.5 Å². The van der Waals surface area contributed by atoms with E-state index in [2.05, 4.69) is 55.6 Å². The minimum atomic E-state index is -0.274. The van der Waals surface area contributed by atoms with Gasteiger partial charge in [-0.15, -0.1) is 0 Å². The van der Waals surface area contributed by atoms with E-state index in [4.69, 9.17) is 14.2 Å². The molecule has 0 radical (unpaired) electrons. The van der Waals surface area contributed by atoms with Gasteiger partial charge < -0.3 is 24.4 Å². The second-order valence-electron chi connectivity index (χ2n) is 9.16. The van der Waals surface area contributed by atoms with Crippen LogP contribution < -0.4 is 14.8 Å². The van der Waals surface area contributed by atoms with E-state index in [9.17, 15) is 4.79 Å². The lowest BCUT2D eigenvalue weighted by Crippen LogP contribution is -2.38. The first-order chi connectivity index (χ1) is 15.5. The Hall–Kier alpha value is -2.73. The van der Waals surface area contributed by atoms with Gasteiger partial charge in [0.25, 0.3) is 0 Å². The quantitative estimate of drug-likeness (QED) is 0.708. The van der Waals surface area contributed by atoms with E-state index in [1.165, 1.54) is 18.2 Å². The number of methoxy groups -OCH3 is 2. The van der Waals surface area contributed by atoms with Crippen LogP contribution in [0.2, 0.25) is 0 Å². The maximum atomic E-state index is 12.3. The van der Waals surface area contributed by atoms with E-state index >= 15 is 0 Å². The molecule has 0 spiro atoms. The molecule has 32 heavy (non-hydrogen) atoms. The largest absolute Gasteiger partial charge is 0.493 e. The highest BCUT2D eigenvalue weighted by Crippen LogP contribution is 2.45. The molecule has 2 aliphatic rings. The maximum Gasteiger partial charge on any atom is 0.409 e. The lowest BCUT2D eigenvalue weighted by Gasteiger charge is -2.31. The fourth-order valence-electron chi connectivity index (χ4n) is 5.20. The van der Waals surface area contributed by atoms with Crippen molar-refractivity contribution in [2.45, 2.75) is 38.7 Å². The van der Waals surface area contributed by atoms with Gasteiger partial charge in [-0.1, -0.05) is 44.2 Å². The lowest BCUT2D eigenvalue weighted by molar-refractivity contribution is 0.128. The van der Waals surface area contributed by atoms with Gasteiger partial charge in [0.1, 0.15) is 6.10 Å². The predicted octanol–water partition coefficient (Wildman–Crippen LogP) is 4.02. The third-order valence-electron chi connectivity index (χ3n) is 6.91. The molecule has 2 atom stereocenters. The zero-order valence-electron chi connectivity index (χ0n) is 19.5. The summed E-state index contributed by atoms with van der Waals surface area (Å²) in [6.07, 6.45) is 1.63. The van der Waals surface area contributed by atoms with Crippen LogP contribution in [0.15, 0.2) is 42.5 Å². The summed E-state index contributed by atoms with van der Waals surface area (Å²) >= 11 is 0. The third kappa shape index (κ3) is 4.42. The Labute approximate surface area is 190 Å². The van der Waals surface area contributed by atoms with Crippen LogP contribution >= 0.6 is 0 Å². The Bertz CT molecular complexity index is 938. The molecule has 6 nitrogen and oxygen atoms in total. The van der Waals surface area contributed by atoms with Crippen molar-refractivity contribution in [3.8, 4) is 11.5 Å². The molecule has 4 rings (SSSR count). The standard InChI is InChI=1S/C26H34N2O4/c1-5-27-16-26(2)17-28(25(29)31-4)15-22(26)20-10-11-23(30-3)24(14-20)32-21-12-18-8-6-7-9-19(18)13-21/h6-11,14,21-22,27H,5,12-13,15-17H2,1-4H3/t22?,26-/m1/s1. The predicted molar refractivity (Wildman–Crippen MR) is 125 cm³/mol. The molecule has 1 fully saturated rings. The number of nitrogens with one attached hydrogen (secondary N) is 1. The summed E-state index contributed by atoms with van der Waals surface area (Å²) in [5, 5.41) is 3.48. The zero-order valence-corrected chi connectivity index (χ0v) is 19.5. The molecule has 1 heterocycles. The number of fused-ring (bicyclic) bond motifs is 1. The van der Waals surface area contributed by atoms with Crippen molar-refractivity contribution >= 4 is 6.09 Å². The van der Waals surface area contributed by atoms with Gasteiger partial charge in [0, 0.05) is 43.8 Å². The van der Waals surface area contributed by atoms with Gasteiger partial charge in [0.15, 0.2) is 11.5 Å². The van der Waals surface area contributed by atoms with Crippen molar-refractivity contribution in [2.75, 3.05) is 40.4 Å². The number of hydrogen-bond acceptors (Lipinski definition) is 5. The molecule has 1 unspecified atom stereocenters. The minimum Gasteiger partial charge on any atom is -0.493 e. The Morgan fingerprint density at radius 1 is 1.12 bits per heavy atom. The number of benzene rings is 2. The Morgan fingerprint density at radius 3 is 2.47 bits per heavy atom. The Kier molecular flexibility index (Phi) is 6.60. The van der Waals surface area contributed by atoms with Gasteiger partial charge in [-0.2, -0.15) is 0 Å². The second kappa shape index (κ2) is 9.41. The van der Waals surface area contributed by atoms with Crippen LogP contribution in [0.4, 0.5) is 4.79 Å². The molecule has 1 aliphatic heterocycles. The highest BCUT2D eigenvalue weighted by atomic mass is 16.5. The molecule has 1 saturated heterocycles. The molecule has 1 N–H and O–H groups in total. The molecular weight excluding hydrogens is 404 g/mol. The van der Waals surface area contributed by atoms with E-state index in [0.717, 1.165) is 43.0 Å². The van der Waals surface area contributed by atoms with Crippen molar-refractivity contribution in [1.29, 1.82) is 0 Å². The topological polar surface area (TPSA) is 60.0 Å². The summed E-state index contributed by atoms with van der Waals surface area (Å²) in [4.78, 5) is 14.1. The van der Waals surface area contributed by atoms with Crippen LogP contribution in [0.3, 0.4) is 0 Å². The molecular formula is C26H34N2O4. The van der Waals surface area contributed by atoms with Crippen molar-refractivity contribution in [3.63, 3.8) is 0 Å². The average molecular weight is 439 g/mol. The number of ether oxygens (including phenoxy) is 3. The number of hydrogen-bond donors (Lipinski definition) is 1. The van der Waals surface area contributed by atoms with E-state index in [1.54, 1.807) is 12.0 Å². The third-order valence-corrected chi connectivity index (χ3v) is 6.91. The second-order valence-corrected chi connectivity index (χ2v) is 9.16. The van der Waals surface area contributed by atoms with Crippen molar-refractivity contribution in [3.05, 3.63) is 59.2 Å². The molecule has 0 bridgehead atoms. The Balaban J connectivity index is 1.59. The molecule has 0 saturated carbocycles. The van der Waals surface area contributed by atoms with Crippen molar-refractivity contribution in [2.24, 2.45) is 5.41 Å². The molecule has 1 amide bonds. The number of carbonyl (C=O) groups is 1. The summed E-state index contributed by atoms with van der Waals surface area (Å²) in [5.41, 5.74) is 3.76. The van der Waals surface area contributed by atoms with Gasteiger partial charge in [-0.3, -0.25) is 0 Å². The molecule has 2 aromatic rings. The number of carbonyl (C=O) groups excluding carboxylic acids is 1. The fraction of sp³-hybridized carbons (Fsp3) is 0.500. The van der Waals surface area contributed by atoms with Gasteiger partial charge in [-0.05, 0) is 35.4 Å². The average Bonchev–Trinajstić information content (AvgIpc) is 3.37. The number of nitrogens with zero attached hydrogens (tertiary/aromatic N) is 1. The first kappa shape index (κ1) is 22.5. The summed E-state index contributed by atoms with van der Waals surface area (Å²) in [7, 11) is 3.12. The summed E-state index contributed by atoms with van der Waals surface area (Å²) in [5.74, 6) is 1.67. The van der Waals surface area contributed by atoms with E-state index in [0.29, 0.717) is 13.1 Å². The molecule has 1 aliphatic carbocycles. The summed E-state index contributed by atoms with van der Waals surface area (Å²) < 4.78 is 17.1. The normalized spacial score (nSPS) is 22.6. The maximum absolute atomic E-state index is 12.3. The highest BCUT2D eigenvalue weighted by Gasteiger charge is 2.45. The van der Waals surface area contributed by atoms with Crippen LogP contribution in [-0.4, -0.2) is 57.5 Å². The monoisotopic (exact) mass is 438 g/mol. The lowest BCUT2D eigenvalue weighted by atomic mass is 9.76. The van der Waals surface area contributed by atoms with Gasteiger partial charge in [0.2, 0.25) is 0 Å². The van der Waals surface area contributed by atoms with E-state index in [-0.39, 0.29) is 23.5 Å². The number of rotatable bonds is 7. The molecule has 2 aromatic carbocycles. The first-order valence-electron chi connectivity index (χ1n) is 11.4. The SMILES string of the molecule is CCNC[C@]1(C)CN(C(=O)OC)CC1c1ccc(OC)c(OC2Cc3ccccc3C2)c1. The summed E-state index contributed by atoms with van der Waals surface area (Å²) in [6, 6.07) is 14.7. The van der Waals surface area contributed by atoms with Gasteiger partial charge in [0.05, 0.1) is 14.2 Å². The minimum absolute atomic E-state index is 0.0971. The highest BCUT2D eigenvalue weighted by molar-refractivity contribution is 5.68. The first-order valence-corrected chi connectivity index (χ1v) is 11.4. The zero-order chi connectivity index (χ0) is 22.7. The fourth-order valence-corrected chi connectivity index (χ4v) is 5.20. The van der Waals surface area contributed by atoms with E-state index < -0.39 is 0 Å². The van der Waals surface area contributed by atoms with Crippen molar-refractivity contribution < 1.29 is 19.0 Å². The van der Waals surface area contributed by atoms with Crippen LogP contribution in [0.5, 0.6) is 11.5 Å². The molecule has 172 valence electrons. The number of amides is 1. The van der Waals surface area contributed by atoms with Crippen LogP contribution in [-0.2, 0) is 17.6 Å². The van der Waals surface area contributed by atoms with Crippen LogP contribution in [0.25, 0.3) is 0 Å². The van der Waals surface area contributed by atoms with Crippen LogP contribution in [0, 0.1) is 5.41 Å². The van der Waals surface area contributed by atoms with Gasteiger partial charge in [-0.25, -0.2) is 4.79 Å².